The van der Waals surface area contributed by atoms with Crippen molar-refractivity contribution in [1.29, 1.82) is 0 Å². The standard InChI is InChI=1S/C16H17F3N6O2/c1-23-5-7-24(8-6-23)15-13(25(26)27)14(20-10-21-15)22-12-4-2-3-11(9-12)16(17,18)19/h2-4,9-10H,5-8H2,1H3,(H,20,21,22). The van der Waals surface area contributed by atoms with E-state index in [0.29, 0.717) is 13.1 Å². The van der Waals surface area contributed by atoms with Gasteiger partial charge in [0.25, 0.3) is 0 Å². The molecule has 1 aromatic heterocycles. The molecule has 8 nitrogen and oxygen atoms in total. The second kappa shape index (κ2) is 7.35. The first-order valence-electron chi connectivity index (χ1n) is 8.13. The number of likely N-dealkylation sites (N-methyl/N-ethyl adjacent to an activating group) is 1. The summed E-state index contributed by atoms with van der Waals surface area (Å²) in [6, 6.07) is 4.41. The van der Waals surface area contributed by atoms with Gasteiger partial charge in [-0.2, -0.15) is 13.2 Å². The molecule has 1 fully saturated rings. The van der Waals surface area contributed by atoms with Gasteiger partial charge in [0.2, 0.25) is 11.6 Å². The van der Waals surface area contributed by atoms with Crippen LogP contribution in [0.5, 0.6) is 0 Å². The molecule has 0 amide bonds. The van der Waals surface area contributed by atoms with E-state index < -0.39 is 16.7 Å². The number of aromatic nitrogens is 2. The topological polar surface area (TPSA) is 87.4 Å². The molecule has 1 aliphatic heterocycles. The lowest BCUT2D eigenvalue weighted by molar-refractivity contribution is -0.383. The third kappa shape index (κ3) is 4.25. The molecule has 0 unspecified atom stereocenters. The molecule has 27 heavy (non-hydrogen) atoms. The zero-order valence-corrected chi connectivity index (χ0v) is 14.4. The van der Waals surface area contributed by atoms with Gasteiger partial charge in [-0.15, -0.1) is 0 Å². The minimum Gasteiger partial charge on any atom is -0.348 e. The molecule has 1 aromatic carbocycles. The van der Waals surface area contributed by atoms with E-state index in [0.717, 1.165) is 31.5 Å². The number of alkyl halides is 3. The number of anilines is 3. The third-order valence-electron chi connectivity index (χ3n) is 4.24. The van der Waals surface area contributed by atoms with Crippen LogP contribution in [0.2, 0.25) is 0 Å². The van der Waals surface area contributed by atoms with Crippen molar-refractivity contribution in [2.24, 2.45) is 0 Å². The Labute approximate surface area is 152 Å². The highest BCUT2D eigenvalue weighted by atomic mass is 19.4. The van der Waals surface area contributed by atoms with Gasteiger partial charge in [-0.05, 0) is 25.2 Å². The average molecular weight is 382 g/mol. The summed E-state index contributed by atoms with van der Waals surface area (Å²) in [6.45, 7) is 2.55. The SMILES string of the molecule is CN1CCN(c2ncnc(Nc3cccc(C(F)(F)F)c3)c2[N+](=O)[O-])CC1. The van der Waals surface area contributed by atoms with E-state index in [-0.39, 0.29) is 23.0 Å². The average Bonchev–Trinajstić information content (AvgIpc) is 2.61. The number of hydrogen-bond donors (Lipinski definition) is 1. The number of benzene rings is 1. The number of rotatable bonds is 4. The number of halogens is 3. The zero-order valence-electron chi connectivity index (χ0n) is 14.4. The molecule has 0 atom stereocenters. The highest BCUT2D eigenvalue weighted by Gasteiger charge is 2.31. The maximum atomic E-state index is 12.9. The molecule has 1 N–H and O–H groups in total. The van der Waals surface area contributed by atoms with Gasteiger partial charge >= 0.3 is 11.9 Å². The van der Waals surface area contributed by atoms with E-state index in [1.807, 2.05) is 7.05 Å². The summed E-state index contributed by atoms with van der Waals surface area (Å²) in [7, 11) is 1.95. The van der Waals surface area contributed by atoms with Crippen LogP contribution in [-0.4, -0.2) is 53.0 Å². The van der Waals surface area contributed by atoms with Crippen LogP contribution in [0.1, 0.15) is 5.56 Å². The van der Waals surface area contributed by atoms with Gasteiger partial charge in [-0.1, -0.05) is 6.07 Å². The molecule has 0 aliphatic carbocycles. The fourth-order valence-corrected chi connectivity index (χ4v) is 2.79. The lowest BCUT2D eigenvalue weighted by Crippen LogP contribution is -2.45. The first kappa shape index (κ1) is 18.8. The van der Waals surface area contributed by atoms with Gasteiger partial charge in [0.1, 0.15) is 6.33 Å². The molecule has 2 aromatic rings. The van der Waals surface area contributed by atoms with E-state index in [9.17, 15) is 23.3 Å². The molecule has 3 rings (SSSR count). The van der Waals surface area contributed by atoms with Crippen LogP contribution in [0, 0.1) is 10.1 Å². The lowest BCUT2D eigenvalue weighted by atomic mass is 10.2. The Morgan fingerprint density at radius 3 is 2.52 bits per heavy atom. The Kier molecular flexibility index (Phi) is 5.13. The van der Waals surface area contributed by atoms with Crippen LogP contribution in [0.25, 0.3) is 0 Å². The van der Waals surface area contributed by atoms with Crippen LogP contribution < -0.4 is 10.2 Å². The predicted molar refractivity (Wildman–Crippen MR) is 93.1 cm³/mol. The highest BCUT2D eigenvalue weighted by Crippen LogP contribution is 2.35. The first-order valence-corrected chi connectivity index (χ1v) is 8.13. The maximum absolute atomic E-state index is 12.9. The smallest absolute Gasteiger partial charge is 0.348 e. The van der Waals surface area contributed by atoms with E-state index in [1.54, 1.807) is 4.90 Å². The molecule has 1 saturated heterocycles. The van der Waals surface area contributed by atoms with Gasteiger partial charge in [0, 0.05) is 31.9 Å². The Morgan fingerprint density at radius 1 is 1.19 bits per heavy atom. The largest absolute Gasteiger partial charge is 0.416 e. The summed E-state index contributed by atoms with van der Waals surface area (Å²) in [5.74, 6) is 0.000767. The van der Waals surface area contributed by atoms with Crippen LogP contribution in [0.3, 0.4) is 0 Å². The van der Waals surface area contributed by atoms with Gasteiger partial charge in [0.05, 0.1) is 10.5 Å². The quantitative estimate of drug-likeness (QED) is 0.643. The maximum Gasteiger partial charge on any atom is 0.416 e. The second-order valence-electron chi connectivity index (χ2n) is 6.15. The Morgan fingerprint density at radius 2 is 1.89 bits per heavy atom. The Hall–Kier alpha value is -2.95. The molecule has 11 heteroatoms. The van der Waals surface area contributed by atoms with E-state index in [4.69, 9.17) is 0 Å². The number of nitrogens with one attached hydrogen (secondary N) is 1. The molecule has 0 radical (unpaired) electrons. The molecular formula is C16H17F3N6O2. The van der Waals surface area contributed by atoms with E-state index >= 15 is 0 Å². The molecule has 2 heterocycles. The Bertz CT molecular complexity index is 837. The second-order valence-corrected chi connectivity index (χ2v) is 6.15. The first-order chi connectivity index (χ1) is 12.8. The number of nitro groups is 1. The van der Waals surface area contributed by atoms with Crippen molar-refractivity contribution in [3.05, 3.63) is 46.3 Å². The third-order valence-corrected chi connectivity index (χ3v) is 4.24. The Balaban J connectivity index is 1.94. The van der Waals surface area contributed by atoms with Crippen molar-refractivity contribution < 1.29 is 18.1 Å². The molecule has 0 spiro atoms. The monoisotopic (exact) mass is 382 g/mol. The van der Waals surface area contributed by atoms with Crippen molar-refractivity contribution in [2.75, 3.05) is 43.4 Å². The van der Waals surface area contributed by atoms with Crippen LogP contribution >= 0.6 is 0 Å². The molecule has 0 bridgehead atoms. The number of piperazine rings is 1. The molecule has 0 saturated carbocycles. The summed E-state index contributed by atoms with van der Waals surface area (Å²) >= 11 is 0. The minimum atomic E-state index is -4.51. The summed E-state index contributed by atoms with van der Waals surface area (Å²) in [4.78, 5) is 22.8. The van der Waals surface area contributed by atoms with Crippen molar-refractivity contribution in [3.63, 3.8) is 0 Å². The summed E-state index contributed by atoms with van der Waals surface area (Å²) in [5, 5.41) is 14.3. The lowest BCUT2D eigenvalue weighted by Gasteiger charge is -2.32. The number of nitrogens with zero attached hydrogens (tertiary/aromatic N) is 5. The fourth-order valence-electron chi connectivity index (χ4n) is 2.79. The summed E-state index contributed by atoms with van der Waals surface area (Å²) < 4.78 is 38.6. The molecule has 144 valence electrons. The van der Waals surface area contributed by atoms with Gasteiger partial charge < -0.3 is 15.1 Å². The van der Waals surface area contributed by atoms with Crippen LogP contribution in [-0.2, 0) is 6.18 Å². The van der Waals surface area contributed by atoms with E-state index in [2.05, 4.69) is 20.2 Å². The molecule has 1 aliphatic rings. The minimum absolute atomic E-state index is 0.0518. The van der Waals surface area contributed by atoms with Crippen molar-refractivity contribution in [2.45, 2.75) is 6.18 Å². The van der Waals surface area contributed by atoms with Crippen molar-refractivity contribution >= 4 is 23.0 Å². The van der Waals surface area contributed by atoms with Gasteiger partial charge in [-0.3, -0.25) is 10.1 Å². The molecular weight excluding hydrogens is 365 g/mol. The zero-order chi connectivity index (χ0) is 19.6. The van der Waals surface area contributed by atoms with E-state index in [1.165, 1.54) is 12.1 Å². The van der Waals surface area contributed by atoms with Crippen molar-refractivity contribution in [1.82, 2.24) is 14.9 Å². The predicted octanol–water partition coefficient (Wildman–Crippen LogP) is 2.90. The number of hydrogen-bond acceptors (Lipinski definition) is 7. The fraction of sp³-hybridized carbons (Fsp3) is 0.375. The summed E-state index contributed by atoms with van der Waals surface area (Å²) in [6.07, 6.45) is -3.35. The normalized spacial score (nSPS) is 15.6. The van der Waals surface area contributed by atoms with Crippen molar-refractivity contribution in [3.8, 4) is 0 Å². The van der Waals surface area contributed by atoms with Gasteiger partial charge in [0.15, 0.2) is 0 Å². The van der Waals surface area contributed by atoms with Crippen LogP contribution in [0.15, 0.2) is 30.6 Å². The van der Waals surface area contributed by atoms with Gasteiger partial charge in [-0.25, -0.2) is 9.97 Å². The van der Waals surface area contributed by atoms with Crippen LogP contribution in [0.4, 0.5) is 36.2 Å². The summed E-state index contributed by atoms with van der Waals surface area (Å²) in [5.41, 5.74) is -1.17. The highest BCUT2D eigenvalue weighted by molar-refractivity contribution is 5.74.